The zero-order chi connectivity index (χ0) is 39.5. The van der Waals surface area contributed by atoms with E-state index in [1.165, 1.54) is 77.1 Å². The highest BCUT2D eigenvalue weighted by Crippen LogP contribution is 2.53. The van der Waals surface area contributed by atoms with Crippen molar-refractivity contribution in [3.05, 3.63) is 230 Å². The van der Waals surface area contributed by atoms with E-state index in [9.17, 15) is 0 Å². The van der Waals surface area contributed by atoms with Gasteiger partial charge < -0.3 is 9.80 Å². The summed E-state index contributed by atoms with van der Waals surface area (Å²) in [5.41, 5.74) is 14.2. The van der Waals surface area contributed by atoms with Crippen LogP contribution in [0, 0.1) is 0 Å². The third kappa shape index (κ3) is 5.87. The van der Waals surface area contributed by atoms with E-state index in [1.54, 1.807) is 0 Å². The van der Waals surface area contributed by atoms with Gasteiger partial charge in [0.05, 0.1) is 17.1 Å². The number of rotatable bonds is 6. The van der Waals surface area contributed by atoms with Gasteiger partial charge in [-0.15, -0.1) is 0 Å². The van der Waals surface area contributed by atoms with Crippen LogP contribution >= 0.6 is 0 Å². The molecule has 59 heavy (non-hydrogen) atoms. The summed E-state index contributed by atoms with van der Waals surface area (Å²) < 4.78 is 0. The number of hydrogen-bond donors (Lipinski definition) is 0. The topological polar surface area (TPSA) is 6.48 Å². The first-order valence-electron chi connectivity index (χ1n) is 20.5. The van der Waals surface area contributed by atoms with Gasteiger partial charge in [0.1, 0.15) is 0 Å². The van der Waals surface area contributed by atoms with E-state index in [-0.39, 0.29) is 5.41 Å². The van der Waals surface area contributed by atoms with Crippen LogP contribution in [-0.2, 0) is 5.41 Å². The van der Waals surface area contributed by atoms with Crippen molar-refractivity contribution in [3.63, 3.8) is 0 Å². The maximum Gasteiger partial charge on any atom is 0.0540 e. The Hall–Kier alpha value is -7.42. The maximum atomic E-state index is 2.44. The molecular weight excluding hydrogens is 713 g/mol. The van der Waals surface area contributed by atoms with Crippen LogP contribution in [0.2, 0.25) is 0 Å². The Morgan fingerprint density at radius 3 is 1.56 bits per heavy atom. The van der Waals surface area contributed by atoms with Crippen LogP contribution in [0.15, 0.2) is 218 Å². The molecule has 0 fully saturated rings. The van der Waals surface area contributed by atoms with Gasteiger partial charge in [0.15, 0.2) is 0 Å². The zero-order valence-electron chi connectivity index (χ0n) is 33.2. The average molecular weight is 755 g/mol. The molecule has 1 heterocycles. The average Bonchev–Trinajstić information content (AvgIpc) is 3.30. The van der Waals surface area contributed by atoms with Crippen molar-refractivity contribution < 1.29 is 0 Å². The second kappa shape index (κ2) is 13.9. The molecule has 2 heteroatoms. The minimum atomic E-state index is -0.247. The largest absolute Gasteiger partial charge is 0.310 e. The summed E-state index contributed by atoms with van der Waals surface area (Å²) in [5.74, 6) is 0. The second-order valence-electron chi connectivity index (χ2n) is 16.2. The molecule has 0 aromatic heterocycles. The Morgan fingerprint density at radius 1 is 0.356 bits per heavy atom. The summed E-state index contributed by atoms with van der Waals surface area (Å²) in [4.78, 5) is 4.85. The molecule has 0 atom stereocenters. The first-order chi connectivity index (χ1) is 29.0. The third-order valence-electron chi connectivity index (χ3n) is 12.4. The number of para-hydroxylation sites is 1. The fourth-order valence-electron chi connectivity index (χ4n) is 9.36. The van der Waals surface area contributed by atoms with E-state index in [0.29, 0.717) is 0 Å². The Morgan fingerprint density at radius 2 is 0.864 bits per heavy atom. The van der Waals surface area contributed by atoms with Crippen LogP contribution < -0.4 is 9.80 Å². The molecule has 0 amide bonds. The van der Waals surface area contributed by atoms with Gasteiger partial charge >= 0.3 is 0 Å². The number of nitrogens with zero attached hydrogens (tertiary/aromatic N) is 2. The SMILES string of the molecule is CC1(C)c2cc(-c3ccccc3)ccc2N(c2ccccc2)c2ccc(-c3ccc(N(c4ccc5c(ccc6ccccc65)c4)c4cccc5ccccc45)cc3)cc21. The minimum absolute atomic E-state index is 0.247. The first-order valence-corrected chi connectivity index (χ1v) is 20.5. The third-order valence-corrected chi connectivity index (χ3v) is 12.4. The van der Waals surface area contributed by atoms with E-state index < -0.39 is 0 Å². The lowest BCUT2D eigenvalue weighted by Crippen LogP contribution is -2.30. The highest BCUT2D eigenvalue weighted by Gasteiger charge is 2.37. The predicted molar refractivity (Wildman–Crippen MR) is 251 cm³/mol. The quantitative estimate of drug-likeness (QED) is 0.156. The Bertz CT molecular complexity index is 3180. The van der Waals surface area contributed by atoms with Crippen molar-refractivity contribution in [2.45, 2.75) is 19.3 Å². The molecule has 0 saturated carbocycles. The van der Waals surface area contributed by atoms with Gasteiger partial charge in [-0.1, -0.05) is 166 Å². The maximum absolute atomic E-state index is 2.44. The standard InChI is InChI=1S/C57H42N2/c1-57(2)52-37-43(39-14-5-3-6-15-39)28-34-55(52)59(46-19-7-4-8-20-46)56-35-29-44(38-53(56)57)40-26-30-47(31-27-40)58(54-23-13-18-41-16-10-12-22-51(41)54)48-32-33-50-45(36-48)25-24-42-17-9-11-21-49(42)50/h3-38H,1-2H3. The van der Waals surface area contributed by atoms with Crippen LogP contribution in [0.4, 0.5) is 34.1 Å². The first kappa shape index (κ1) is 34.8. The zero-order valence-corrected chi connectivity index (χ0v) is 33.2. The number of anilines is 6. The summed E-state index contributed by atoms with van der Waals surface area (Å²) >= 11 is 0. The molecule has 280 valence electrons. The molecule has 10 aromatic rings. The Kier molecular flexibility index (Phi) is 8.20. The lowest BCUT2D eigenvalue weighted by Gasteiger charge is -2.42. The molecule has 0 aliphatic carbocycles. The highest BCUT2D eigenvalue weighted by molar-refractivity contribution is 6.09. The van der Waals surface area contributed by atoms with Crippen molar-refractivity contribution in [1.29, 1.82) is 0 Å². The molecule has 0 saturated heterocycles. The molecule has 10 aromatic carbocycles. The van der Waals surface area contributed by atoms with Crippen molar-refractivity contribution >= 4 is 66.4 Å². The molecule has 0 N–H and O–H groups in total. The lowest BCUT2D eigenvalue weighted by molar-refractivity contribution is 0.632. The predicted octanol–water partition coefficient (Wildman–Crippen LogP) is 16.1. The van der Waals surface area contributed by atoms with Crippen molar-refractivity contribution in [1.82, 2.24) is 0 Å². The molecular formula is C57H42N2. The van der Waals surface area contributed by atoms with Crippen molar-refractivity contribution in [2.24, 2.45) is 0 Å². The Labute approximate surface area is 345 Å². The molecule has 11 rings (SSSR count). The number of benzene rings is 10. The van der Waals surface area contributed by atoms with Gasteiger partial charge in [-0.05, 0) is 127 Å². The van der Waals surface area contributed by atoms with Crippen LogP contribution in [0.25, 0.3) is 54.6 Å². The van der Waals surface area contributed by atoms with Gasteiger partial charge in [-0.2, -0.15) is 0 Å². The monoisotopic (exact) mass is 754 g/mol. The van der Waals surface area contributed by atoms with E-state index in [4.69, 9.17) is 0 Å². The molecule has 1 aliphatic rings. The van der Waals surface area contributed by atoms with Gasteiger partial charge in [0, 0.05) is 27.9 Å². The van der Waals surface area contributed by atoms with Crippen molar-refractivity contribution in [2.75, 3.05) is 9.80 Å². The van der Waals surface area contributed by atoms with E-state index in [0.717, 1.165) is 22.7 Å². The number of hydrogen-bond acceptors (Lipinski definition) is 2. The molecule has 0 radical (unpaired) electrons. The summed E-state index contributed by atoms with van der Waals surface area (Å²) in [5, 5.41) is 7.46. The smallest absolute Gasteiger partial charge is 0.0540 e. The fourth-order valence-corrected chi connectivity index (χ4v) is 9.36. The van der Waals surface area contributed by atoms with E-state index in [1.807, 2.05) is 0 Å². The Balaban J connectivity index is 1.03. The molecule has 0 unspecified atom stereocenters. The fraction of sp³-hybridized carbons (Fsp3) is 0.0526. The molecule has 0 bridgehead atoms. The summed E-state index contributed by atoms with van der Waals surface area (Å²) in [6, 6.07) is 80.0. The van der Waals surface area contributed by atoms with Gasteiger partial charge in [0.2, 0.25) is 0 Å². The van der Waals surface area contributed by atoms with Crippen LogP contribution in [-0.4, -0.2) is 0 Å². The van der Waals surface area contributed by atoms with Gasteiger partial charge in [-0.3, -0.25) is 0 Å². The number of fused-ring (bicyclic) bond motifs is 6. The summed E-state index contributed by atoms with van der Waals surface area (Å²) in [7, 11) is 0. The van der Waals surface area contributed by atoms with Crippen LogP contribution in [0.3, 0.4) is 0 Å². The summed E-state index contributed by atoms with van der Waals surface area (Å²) in [6.07, 6.45) is 0. The summed E-state index contributed by atoms with van der Waals surface area (Å²) in [6.45, 7) is 4.76. The van der Waals surface area contributed by atoms with Crippen LogP contribution in [0.5, 0.6) is 0 Å². The van der Waals surface area contributed by atoms with Gasteiger partial charge in [-0.25, -0.2) is 0 Å². The normalized spacial score (nSPS) is 13.0. The lowest BCUT2D eigenvalue weighted by atomic mass is 9.72. The molecule has 0 spiro atoms. The van der Waals surface area contributed by atoms with Crippen molar-refractivity contribution in [3.8, 4) is 22.3 Å². The van der Waals surface area contributed by atoms with E-state index >= 15 is 0 Å². The second-order valence-corrected chi connectivity index (χ2v) is 16.2. The van der Waals surface area contributed by atoms with Gasteiger partial charge in [0.25, 0.3) is 0 Å². The molecule has 2 nitrogen and oxygen atoms in total. The van der Waals surface area contributed by atoms with Crippen LogP contribution in [0.1, 0.15) is 25.0 Å². The van der Waals surface area contributed by atoms with E-state index in [2.05, 4.69) is 242 Å². The highest BCUT2D eigenvalue weighted by atomic mass is 15.2. The minimum Gasteiger partial charge on any atom is -0.310 e. The molecule has 1 aliphatic heterocycles.